The third-order valence-corrected chi connectivity index (χ3v) is 5.15. The van der Waals surface area contributed by atoms with Crippen molar-refractivity contribution >= 4 is 15.7 Å². The first-order chi connectivity index (χ1) is 12.9. The van der Waals surface area contributed by atoms with E-state index >= 15 is 0 Å². The van der Waals surface area contributed by atoms with Gasteiger partial charge >= 0.3 is 0 Å². The fourth-order valence-corrected chi connectivity index (χ4v) is 3.41. The van der Waals surface area contributed by atoms with E-state index in [9.17, 15) is 12.8 Å². The SMILES string of the molecule is Cc1ccc(S(=O)(=O)Nc2ccc(Oc3cccc(F)c3C#N)cc2)cc1. The quantitative estimate of drug-likeness (QED) is 0.699. The molecular weight excluding hydrogens is 367 g/mol. The number of ether oxygens (including phenoxy) is 1. The van der Waals surface area contributed by atoms with Crippen LogP contribution < -0.4 is 9.46 Å². The average molecular weight is 382 g/mol. The van der Waals surface area contributed by atoms with Crippen LogP contribution in [0.5, 0.6) is 11.5 Å². The van der Waals surface area contributed by atoms with Crippen molar-refractivity contribution in [3.63, 3.8) is 0 Å². The highest BCUT2D eigenvalue weighted by Gasteiger charge is 2.14. The van der Waals surface area contributed by atoms with Crippen molar-refractivity contribution in [3.05, 3.63) is 83.7 Å². The van der Waals surface area contributed by atoms with Crippen LogP contribution >= 0.6 is 0 Å². The van der Waals surface area contributed by atoms with Gasteiger partial charge in [0, 0.05) is 5.69 Å². The number of nitrogens with zero attached hydrogens (tertiary/aromatic N) is 1. The molecule has 0 unspecified atom stereocenters. The van der Waals surface area contributed by atoms with Crippen LogP contribution in [0.25, 0.3) is 0 Å². The van der Waals surface area contributed by atoms with Crippen LogP contribution in [0.1, 0.15) is 11.1 Å². The minimum absolute atomic E-state index is 0.0884. The maximum atomic E-state index is 13.6. The highest BCUT2D eigenvalue weighted by atomic mass is 32.2. The monoisotopic (exact) mass is 382 g/mol. The van der Waals surface area contributed by atoms with Gasteiger partial charge in [-0.25, -0.2) is 12.8 Å². The zero-order chi connectivity index (χ0) is 19.4. The number of benzene rings is 3. The average Bonchev–Trinajstić information content (AvgIpc) is 2.64. The van der Waals surface area contributed by atoms with Crippen molar-refractivity contribution in [2.24, 2.45) is 0 Å². The van der Waals surface area contributed by atoms with Gasteiger partial charge < -0.3 is 4.74 Å². The predicted molar refractivity (Wildman–Crippen MR) is 99.6 cm³/mol. The molecule has 0 amide bonds. The largest absolute Gasteiger partial charge is 0.456 e. The lowest BCUT2D eigenvalue weighted by Crippen LogP contribution is -2.12. The first-order valence-corrected chi connectivity index (χ1v) is 9.43. The molecule has 0 radical (unpaired) electrons. The zero-order valence-electron chi connectivity index (χ0n) is 14.3. The van der Waals surface area contributed by atoms with Gasteiger partial charge in [0.1, 0.15) is 28.9 Å². The van der Waals surface area contributed by atoms with Crippen LogP contribution in [0.4, 0.5) is 10.1 Å². The molecule has 0 aliphatic heterocycles. The molecule has 0 aliphatic rings. The predicted octanol–water partition coefficient (Wildman–Crippen LogP) is 4.60. The molecule has 0 aliphatic carbocycles. The molecule has 0 aromatic heterocycles. The van der Waals surface area contributed by atoms with E-state index in [2.05, 4.69) is 4.72 Å². The summed E-state index contributed by atoms with van der Waals surface area (Å²) in [5.41, 5.74) is 1.12. The number of halogens is 1. The molecular formula is C20H15FN2O3S. The Bertz CT molecular complexity index is 1100. The summed E-state index contributed by atoms with van der Waals surface area (Å²) in [6.45, 7) is 1.87. The van der Waals surface area contributed by atoms with Crippen molar-refractivity contribution in [2.75, 3.05) is 4.72 Å². The molecule has 0 heterocycles. The second-order valence-electron chi connectivity index (χ2n) is 5.77. The Morgan fingerprint density at radius 3 is 2.30 bits per heavy atom. The van der Waals surface area contributed by atoms with Gasteiger partial charge in [-0.1, -0.05) is 23.8 Å². The Labute approximate surface area is 156 Å². The maximum Gasteiger partial charge on any atom is 0.261 e. The van der Waals surface area contributed by atoms with Gasteiger partial charge in [0.2, 0.25) is 0 Å². The van der Waals surface area contributed by atoms with Crippen molar-refractivity contribution in [3.8, 4) is 17.6 Å². The second-order valence-corrected chi connectivity index (χ2v) is 7.45. The lowest BCUT2D eigenvalue weighted by Gasteiger charge is -2.10. The normalized spacial score (nSPS) is 10.9. The molecule has 3 rings (SSSR count). The van der Waals surface area contributed by atoms with Gasteiger partial charge in [0.25, 0.3) is 10.0 Å². The molecule has 7 heteroatoms. The summed E-state index contributed by atoms with van der Waals surface area (Å²) in [5, 5.41) is 9.03. The van der Waals surface area contributed by atoms with E-state index < -0.39 is 15.8 Å². The summed E-state index contributed by atoms with van der Waals surface area (Å²) in [6, 6.07) is 18.4. The number of anilines is 1. The van der Waals surface area contributed by atoms with E-state index in [4.69, 9.17) is 10.00 Å². The Balaban J connectivity index is 1.77. The van der Waals surface area contributed by atoms with E-state index in [1.54, 1.807) is 18.2 Å². The summed E-state index contributed by atoms with van der Waals surface area (Å²) < 4.78 is 46.4. The molecule has 3 aromatic carbocycles. The van der Waals surface area contributed by atoms with Gasteiger partial charge in [0.05, 0.1) is 4.90 Å². The summed E-state index contributed by atoms with van der Waals surface area (Å²) >= 11 is 0. The molecule has 1 N–H and O–H groups in total. The van der Waals surface area contributed by atoms with E-state index in [-0.39, 0.29) is 16.2 Å². The molecule has 0 bridgehead atoms. The molecule has 0 spiro atoms. The van der Waals surface area contributed by atoms with Gasteiger partial charge in [-0.05, 0) is 55.5 Å². The lowest BCUT2D eigenvalue weighted by atomic mass is 10.2. The first kappa shape index (κ1) is 18.4. The van der Waals surface area contributed by atoms with E-state index in [1.807, 2.05) is 6.92 Å². The molecule has 0 saturated heterocycles. The van der Waals surface area contributed by atoms with Crippen molar-refractivity contribution in [1.82, 2.24) is 0 Å². The molecule has 27 heavy (non-hydrogen) atoms. The van der Waals surface area contributed by atoms with Crippen molar-refractivity contribution in [2.45, 2.75) is 11.8 Å². The highest BCUT2D eigenvalue weighted by molar-refractivity contribution is 7.92. The Hall–Kier alpha value is -3.37. The molecule has 0 saturated carbocycles. The smallest absolute Gasteiger partial charge is 0.261 e. The van der Waals surface area contributed by atoms with Gasteiger partial charge in [-0.2, -0.15) is 5.26 Å². The fourth-order valence-electron chi connectivity index (χ4n) is 2.35. The molecule has 5 nitrogen and oxygen atoms in total. The number of rotatable bonds is 5. The van der Waals surface area contributed by atoms with Crippen LogP contribution in [-0.4, -0.2) is 8.42 Å². The topological polar surface area (TPSA) is 79.2 Å². The van der Waals surface area contributed by atoms with Crippen LogP contribution in [0.3, 0.4) is 0 Å². The molecule has 0 fully saturated rings. The number of sulfonamides is 1. The number of nitrogens with one attached hydrogen (secondary N) is 1. The van der Waals surface area contributed by atoms with Crippen LogP contribution in [0, 0.1) is 24.1 Å². The zero-order valence-corrected chi connectivity index (χ0v) is 15.1. The summed E-state index contributed by atoms with van der Waals surface area (Å²) in [4.78, 5) is 0.159. The maximum absolute atomic E-state index is 13.6. The molecule has 136 valence electrons. The Morgan fingerprint density at radius 1 is 1.00 bits per heavy atom. The van der Waals surface area contributed by atoms with Crippen molar-refractivity contribution in [1.29, 1.82) is 5.26 Å². The summed E-state index contributed by atoms with van der Waals surface area (Å²) in [6.07, 6.45) is 0. The van der Waals surface area contributed by atoms with Crippen LogP contribution in [-0.2, 0) is 10.0 Å². The van der Waals surface area contributed by atoms with E-state index in [0.29, 0.717) is 11.4 Å². The number of nitriles is 1. The third-order valence-electron chi connectivity index (χ3n) is 3.75. The fraction of sp³-hybridized carbons (Fsp3) is 0.0500. The lowest BCUT2D eigenvalue weighted by molar-refractivity contribution is 0.474. The van der Waals surface area contributed by atoms with Crippen LogP contribution in [0.2, 0.25) is 0 Å². The van der Waals surface area contributed by atoms with Gasteiger partial charge in [-0.15, -0.1) is 0 Å². The minimum Gasteiger partial charge on any atom is -0.456 e. The summed E-state index contributed by atoms with van der Waals surface area (Å²) in [7, 11) is -3.70. The third kappa shape index (κ3) is 4.25. The Kier molecular flexibility index (Phi) is 5.10. The van der Waals surface area contributed by atoms with E-state index in [0.717, 1.165) is 5.56 Å². The summed E-state index contributed by atoms with van der Waals surface area (Å²) in [5.74, 6) is -0.238. The van der Waals surface area contributed by atoms with Crippen molar-refractivity contribution < 1.29 is 17.5 Å². The number of aryl methyl sites for hydroxylation is 1. The first-order valence-electron chi connectivity index (χ1n) is 7.95. The molecule has 3 aromatic rings. The van der Waals surface area contributed by atoms with E-state index in [1.165, 1.54) is 54.6 Å². The van der Waals surface area contributed by atoms with Crippen LogP contribution in [0.15, 0.2) is 71.6 Å². The highest BCUT2D eigenvalue weighted by Crippen LogP contribution is 2.28. The van der Waals surface area contributed by atoms with Gasteiger partial charge in [0.15, 0.2) is 0 Å². The Morgan fingerprint density at radius 2 is 1.67 bits per heavy atom. The number of hydrogen-bond acceptors (Lipinski definition) is 4. The molecule has 0 atom stereocenters. The van der Waals surface area contributed by atoms with Gasteiger partial charge in [-0.3, -0.25) is 4.72 Å². The number of hydrogen-bond donors (Lipinski definition) is 1. The second kappa shape index (κ2) is 7.48. The minimum atomic E-state index is -3.70. The standard InChI is InChI=1S/C20H15FN2O3S/c1-14-5-11-17(12-6-14)27(24,25)23-15-7-9-16(10-8-15)26-20-4-2-3-19(21)18(20)13-22/h2-12,23H,1H3.